The van der Waals surface area contributed by atoms with Gasteiger partial charge < -0.3 is 14.2 Å². The Kier molecular flexibility index (Phi) is 13.7. The number of aromatic nitrogens is 1. The van der Waals surface area contributed by atoms with E-state index < -0.39 is 5.95 Å². The molecule has 0 saturated heterocycles. The van der Waals surface area contributed by atoms with Crippen LogP contribution in [-0.2, 0) is 9.47 Å². The van der Waals surface area contributed by atoms with E-state index in [4.69, 9.17) is 14.2 Å². The van der Waals surface area contributed by atoms with Gasteiger partial charge in [0.15, 0.2) is 5.75 Å². The molecule has 0 unspecified atom stereocenters. The van der Waals surface area contributed by atoms with E-state index in [9.17, 15) is 4.39 Å². The Hall–Kier alpha value is -2.89. The van der Waals surface area contributed by atoms with Gasteiger partial charge in [0.1, 0.15) is 0 Å². The number of halogens is 1. The minimum absolute atomic E-state index is 0.214. The number of nitrogens with zero attached hydrogens (tertiary/aromatic N) is 1. The molecule has 3 aromatic rings. The Bertz CT molecular complexity index is 1160. The van der Waals surface area contributed by atoms with E-state index in [0.29, 0.717) is 24.5 Å². The number of benzene rings is 2. The van der Waals surface area contributed by atoms with E-state index in [1.807, 2.05) is 36.8 Å². The first-order valence-electron chi connectivity index (χ1n) is 15.9. The summed E-state index contributed by atoms with van der Waals surface area (Å²) < 4.78 is 32.5. The second-order valence-corrected chi connectivity index (χ2v) is 11.5. The largest absolute Gasteiger partial charge is 0.489 e. The SMILES string of the molecule is [CH2+][CH-]CCCCCOC1CCC(OCCCCCCOc2ccc(-c3ccc(-c4ccc(C)cc4)cc3)nc2F)CC1. The van der Waals surface area contributed by atoms with Crippen LogP contribution in [0.25, 0.3) is 22.4 Å². The summed E-state index contributed by atoms with van der Waals surface area (Å²) in [7, 11) is 0. The maximum Gasteiger partial charge on any atom is 0.255 e. The van der Waals surface area contributed by atoms with E-state index >= 15 is 0 Å². The molecular weight excluding hydrogens is 525 g/mol. The first-order valence-corrected chi connectivity index (χ1v) is 15.9. The van der Waals surface area contributed by atoms with Crippen LogP contribution < -0.4 is 4.74 Å². The summed E-state index contributed by atoms with van der Waals surface area (Å²) >= 11 is 0. The maximum atomic E-state index is 14.6. The van der Waals surface area contributed by atoms with Crippen LogP contribution in [0.2, 0.25) is 0 Å². The molecule has 1 saturated carbocycles. The van der Waals surface area contributed by atoms with E-state index in [1.54, 1.807) is 6.07 Å². The molecule has 0 aliphatic heterocycles. The van der Waals surface area contributed by atoms with Crippen LogP contribution >= 0.6 is 0 Å². The Morgan fingerprint density at radius 2 is 1.21 bits per heavy atom. The average Bonchev–Trinajstić information content (AvgIpc) is 3.02. The minimum atomic E-state index is -0.563. The highest BCUT2D eigenvalue weighted by Gasteiger charge is 2.21. The third kappa shape index (κ3) is 10.7. The first kappa shape index (κ1) is 32.0. The highest BCUT2D eigenvalue weighted by Crippen LogP contribution is 2.27. The maximum absolute atomic E-state index is 14.6. The highest BCUT2D eigenvalue weighted by atomic mass is 19.1. The van der Waals surface area contributed by atoms with Gasteiger partial charge in [0, 0.05) is 18.8 Å². The number of aryl methyl sites for hydroxylation is 1. The molecule has 1 heterocycles. The second kappa shape index (κ2) is 17.9. The predicted molar refractivity (Wildman–Crippen MR) is 170 cm³/mol. The number of pyridine rings is 1. The molecule has 2 aromatic carbocycles. The number of ether oxygens (including phenoxy) is 3. The first-order chi connectivity index (χ1) is 20.6. The normalized spacial score (nSPS) is 16.9. The topological polar surface area (TPSA) is 40.6 Å². The van der Waals surface area contributed by atoms with Crippen molar-refractivity contribution < 1.29 is 18.6 Å². The lowest BCUT2D eigenvalue weighted by Crippen LogP contribution is -2.27. The van der Waals surface area contributed by atoms with Crippen molar-refractivity contribution in [3.63, 3.8) is 0 Å². The van der Waals surface area contributed by atoms with Gasteiger partial charge in [-0.2, -0.15) is 4.39 Å². The molecule has 0 radical (unpaired) electrons. The Labute approximate surface area is 253 Å². The van der Waals surface area contributed by atoms with Crippen LogP contribution in [0.3, 0.4) is 0 Å². The lowest BCUT2D eigenvalue weighted by Gasteiger charge is -2.28. The van der Waals surface area contributed by atoms with Crippen molar-refractivity contribution >= 4 is 0 Å². The van der Waals surface area contributed by atoms with E-state index in [1.165, 1.54) is 18.4 Å². The van der Waals surface area contributed by atoms with Crippen LogP contribution in [0.1, 0.15) is 82.6 Å². The molecule has 4 nitrogen and oxygen atoms in total. The van der Waals surface area contributed by atoms with Crippen LogP contribution in [0.4, 0.5) is 4.39 Å². The van der Waals surface area contributed by atoms with Crippen molar-refractivity contribution in [2.75, 3.05) is 19.8 Å². The van der Waals surface area contributed by atoms with Gasteiger partial charge in [0.05, 0.1) is 24.5 Å². The second-order valence-electron chi connectivity index (χ2n) is 11.5. The fourth-order valence-corrected chi connectivity index (χ4v) is 5.44. The zero-order valence-corrected chi connectivity index (χ0v) is 25.4. The summed E-state index contributed by atoms with van der Waals surface area (Å²) in [4.78, 5) is 4.15. The molecular formula is C37H48FNO3. The number of hydrogen-bond acceptors (Lipinski definition) is 4. The Morgan fingerprint density at radius 1 is 0.690 bits per heavy atom. The standard InChI is InChI=1S/C37H48FNO3/c1-3-4-5-6-9-26-40-33-20-22-34(23-21-33)41-27-10-7-8-11-28-42-36-25-24-35(39-37(36)38)32-18-16-31(17-19-32)30-14-12-29(2)13-15-30/h3,12-19,24-25,33-34H,1,4-11,20-23,26-28H2,2H3. The number of rotatable bonds is 18. The third-order valence-corrected chi connectivity index (χ3v) is 8.06. The Balaban J connectivity index is 1.04. The fraction of sp³-hybridized carbons (Fsp3) is 0.486. The van der Waals surface area contributed by atoms with Crippen molar-refractivity contribution in [1.82, 2.24) is 4.98 Å². The van der Waals surface area contributed by atoms with Crippen molar-refractivity contribution in [2.45, 2.75) is 96.2 Å². The quantitative estimate of drug-likeness (QED) is 0.0863. The minimum Gasteiger partial charge on any atom is -0.489 e. The summed E-state index contributed by atoms with van der Waals surface area (Å²) in [5, 5.41) is 0. The molecule has 1 aliphatic carbocycles. The van der Waals surface area contributed by atoms with Crippen molar-refractivity contribution in [2.24, 2.45) is 0 Å². The van der Waals surface area contributed by atoms with E-state index in [0.717, 1.165) is 94.1 Å². The molecule has 0 spiro atoms. The zero-order valence-electron chi connectivity index (χ0n) is 25.4. The molecule has 4 rings (SSSR count). The molecule has 5 heteroatoms. The molecule has 42 heavy (non-hydrogen) atoms. The number of hydrogen-bond donors (Lipinski definition) is 0. The third-order valence-electron chi connectivity index (χ3n) is 8.06. The predicted octanol–water partition coefficient (Wildman–Crippen LogP) is 9.75. The Morgan fingerprint density at radius 3 is 1.79 bits per heavy atom. The van der Waals surface area contributed by atoms with E-state index in [2.05, 4.69) is 43.1 Å². The molecule has 226 valence electrons. The summed E-state index contributed by atoms with van der Waals surface area (Å²) in [5.41, 5.74) is 5.00. The highest BCUT2D eigenvalue weighted by molar-refractivity contribution is 5.69. The summed E-state index contributed by atoms with van der Waals surface area (Å²) in [5.74, 6) is -0.349. The number of unbranched alkanes of at least 4 members (excludes halogenated alkanes) is 7. The molecule has 0 atom stereocenters. The van der Waals surface area contributed by atoms with Crippen LogP contribution in [0, 0.1) is 26.2 Å². The fourth-order valence-electron chi connectivity index (χ4n) is 5.44. The molecule has 1 aliphatic rings. The van der Waals surface area contributed by atoms with Gasteiger partial charge in [-0.15, -0.1) is 12.8 Å². The van der Waals surface area contributed by atoms with Gasteiger partial charge in [-0.3, -0.25) is 0 Å². The molecule has 1 fully saturated rings. The molecule has 0 N–H and O–H groups in total. The monoisotopic (exact) mass is 573 g/mol. The molecule has 0 amide bonds. The lowest BCUT2D eigenvalue weighted by atomic mass is 9.95. The summed E-state index contributed by atoms with van der Waals surface area (Å²) in [6.07, 6.45) is 16.0. The van der Waals surface area contributed by atoms with Crippen molar-refractivity contribution in [3.05, 3.63) is 85.5 Å². The van der Waals surface area contributed by atoms with Gasteiger partial charge in [-0.1, -0.05) is 80.3 Å². The van der Waals surface area contributed by atoms with Crippen molar-refractivity contribution in [3.8, 4) is 28.1 Å². The van der Waals surface area contributed by atoms with Crippen molar-refractivity contribution in [1.29, 1.82) is 0 Å². The summed E-state index contributed by atoms with van der Waals surface area (Å²) in [6.45, 7) is 8.04. The average molecular weight is 574 g/mol. The van der Waals surface area contributed by atoms with E-state index in [-0.39, 0.29) is 5.75 Å². The molecule has 0 bridgehead atoms. The smallest absolute Gasteiger partial charge is 0.255 e. The van der Waals surface area contributed by atoms with Gasteiger partial charge >= 0.3 is 0 Å². The van der Waals surface area contributed by atoms with Gasteiger partial charge in [-0.05, 0) is 81.5 Å². The van der Waals surface area contributed by atoms with Crippen LogP contribution in [0.5, 0.6) is 5.75 Å². The lowest BCUT2D eigenvalue weighted by molar-refractivity contribution is -0.0327. The van der Waals surface area contributed by atoms with Crippen LogP contribution in [-0.4, -0.2) is 37.0 Å². The summed E-state index contributed by atoms with van der Waals surface area (Å²) in [6, 6.07) is 20.0. The molecule has 1 aromatic heterocycles. The van der Waals surface area contributed by atoms with Gasteiger partial charge in [0.25, 0.3) is 5.95 Å². The van der Waals surface area contributed by atoms with Gasteiger partial charge in [0.2, 0.25) is 0 Å². The zero-order chi connectivity index (χ0) is 29.4. The van der Waals surface area contributed by atoms with Crippen LogP contribution in [0.15, 0.2) is 60.7 Å². The van der Waals surface area contributed by atoms with Gasteiger partial charge in [-0.25, -0.2) is 4.98 Å².